The molecule has 0 aromatic heterocycles. The molecule has 0 saturated carbocycles. The van der Waals surface area contributed by atoms with Gasteiger partial charge in [0.15, 0.2) is 5.96 Å². The van der Waals surface area contributed by atoms with Gasteiger partial charge in [0, 0.05) is 39.8 Å². The topological polar surface area (TPSA) is 64.6 Å². The third-order valence-electron chi connectivity index (χ3n) is 3.63. The van der Waals surface area contributed by atoms with Gasteiger partial charge in [0.05, 0.1) is 46.2 Å². The number of likely N-dealkylation sites (tertiary alicyclic amines) is 1. The standard InChI is InChI=1S/C16H33N3O4.HI/c1-4-17-16(18-6-8-22-11-9-20-2)19-7-5-15(13-19)14-23-12-10-21-3;/h15H,4-14H2,1-3H3,(H,17,18);1H. The Balaban J connectivity index is 0.00000529. The third-order valence-corrected chi connectivity index (χ3v) is 3.63. The Bertz CT molecular complexity index is 322. The van der Waals surface area contributed by atoms with Crippen molar-refractivity contribution in [3.05, 3.63) is 0 Å². The lowest BCUT2D eigenvalue weighted by Gasteiger charge is -2.21. The zero-order valence-electron chi connectivity index (χ0n) is 15.3. The molecule has 1 saturated heterocycles. The van der Waals surface area contributed by atoms with Crippen molar-refractivity contribution in [3.63, 3.8) is 0 Å². The summed E-state index contributed by atoms with van der Waals surface area (Å²) in [4.78, 5) is 6.95. The fraction of sp³-hybridized carbons (Fsp3) is 0.938. The van der Waals surface area contributed by atoms with Crippen LogP contribution < -0.4 is 5.32 Å². The molecule has 144 valence electrons. The summed E-state index contributed by atoms with van der Waals surface area (Å²) in [6.45, 7) is 9.61. The molecule has 0 radical (unpaired) electrons. The van der Waals surface area contributed by atoms with E-state index in [4.69, 9.17) is 18.9 Å². The molecular weight excluding hydrogens is 425 g/mol. The fourth-order valence-electron chi connectivity index (χ4n) is 2.44. The summed E-state index contributed by atoms with van der Waals surface area (Å²) in [6.07, 6.45) is 1.14. The van der Waals surface area contributed by atoms with Gasteiger partial charge in [-0.15, -0.1) is 24.0 Å². The summed E-state index contributed by atoms with van der Waals surface area (Å²) in [5.41, 5.74) is 0. The molecule has 24 heavy (non-hydrogen) atoms. The number of guanidine groups is 1. The van der Waals surface area contributed by atoms with Gasteiger partial charge < -0.3 is 29.2 Å². The molecule has 0 aliphatic carbocycles. The van der Waals surface area contributed by atoms with Crippen molar-refractivity contribution in [2.75, 3.05) is 80.0 Å². The second-order valence-corrected chi connectivity index (χ2v) is 5.51. The largest absolute Gasteiger partial charge is 0.382 e. The summed E-state index contributed by atoms with van der Waals surface area (Å²) in [6, 6.07) is 0. The summed E-state index contributed by atoms with van der Waals surface area (Å²) in [5, 5.41) is 3.36. The first-order chi connectivity index (χ1) is 11.3. The highest BCUT2D eigenvalue weighted by Crippen LogP contribution is 2.16. The first kappa shape index (κ1) is 23.8. The molecule has 1 aliphatic heterocycles. The van der Waals surface area contributed by atoms with Gasteiger partial charge in [-0.25, -0.2) is 0 Å². The number of nitrogens with one attached hydrogen (secondary N) is 1. The predicted octanol–water partition coefficient (Wildman–Crippen LogP) is 1.22. The van der Waals surface area contributed by atoms with Crippen LogP contribution in [-0.4, -0.2) is 90.9 Å². The van der Waals surface area contributed by atoms with E-state index in [-0.39, 0.29) is 24.0 Å². The minimum absolute atomic E-state index is 0. The van der Waals surface area contributed by atoms with Crippen LogP contribution in [0.4, 0.5) is 0 Å². The number of hydrogen-bond donors (Lipinski definition) is 1. The Morgan fingerprint density at radius 2 is 1.79 bits per heavy atom. The van der Waals surface area contributed by atoms with Crippen LogP contribution >= 0.6 is 24.0 Å². The quantitative estimate of drug-likeness (QED) is 0.205. The van der Waals surface area contributed by atoms with Crippen molar-refractivity contribution in [1.82, 2.24) is 10.2 Å². The summed E-state index contributed by atoms with van der Waals surface area (Å²) >= 11 is 0. The zero-order chi connectivity index (χ0) is 16.8. The lowest BCUT2D eigenvalue weighted by Crippen LogP contribution is -2.40. The average Bonchev–Trinajstić information content (AvgIpc) is 3.02. The smallest absolute Gasteiger partial charge is 0.194 e. The van der Waals surface area contributed by atoms with Crippen LogP contribution in [0, 0.1) is 5.92 Å². The molecule has 0 aromatic rings. The maximum absolute atomic E-state index is 5.64. The van der Waals surface area contributed by atoms with Crippen LogP contribution in [-0.2, 0) is 18.9 Å². The molecular formula is C16H34IN3O4. The lowest BCUT2D eigenvalue weighted by molar-refractivity contribution is 0.0536. The number of hydrogen-bond acceptors (Lipinski definition) is 5. The molecule has 0 amide bonds. The van der Waals surface area contributed by atoms with Crippen LogP contribution in [0.5, 0.6) is 0 Å². The monoisotopic (exact) mass is 459 g/mol. The zero-order valence-corrected chi connectivity index (χ0v) is 17.6. The van der Waals surface area contributed by atoms with Gasteiger partial charge >= 0.3 is 0 Å². The average molecular weight is 459 g/mol. The molecule has 1 aliphatic rings. The van der Waals surface area contributed by atoms with Crippen LogP contribution in [0.25, 0.3) is 0 Å². The fourth-order valence-corrected chi connectivity index (χ4v) is 2.44. The third kappa shape index (κ3) is 10.7. The minimum atomic E-state index is 0. The van der Waals surface area contributed by atoms with E-state index < -0.39 is 0 Å². The minimum Gasteiger partial charge on any atom is -0.382 e. The first-order valence-corrected chi connectivity index (χ1v) is 8.48. The van der Waals surface area contributed by atoms with Gasteiger partial charge in [0.1, 0.15) is 0 Å². The molecule has 7 nitrogen and oxygen atoms in total. The van der Waals surface area contributed by atoms with Crippen LogP contribution in [0.15, 0.2) is 4.99 Å². The van der Waals surface area contributed by atoms with E-state index in [1.807, 2.05) is 0 Å². The van der Waals surface area contributed by atoms with Crippen molar-refractivity contribution in [3.8, 4) is 0 Å². The van der Waals surface area contributed by atoms with Crippen molar-refractivity contribution in [2.24, 2.45) is 10.9 Å². The molecule has 1 heterocycles. The van der Waals surface area contributed by atoms with Gasteiger partial charge in [-0.3, -0.25) is 4.99 Å². The van der Waals surface area contributed by atoms with E-state index in [2.05, 4.69) is 22.1 Å². The van der Waals surface area contributed by atoms with Gasteiger partial charge in [0.2, 0.25) is 0 Å². The SMILES string of the molecule is CCNC(=NCCOCCOC)N1CCC(COCCOC)C1.I. The summed E-state index contributed by atoms with van der Waals surface area (Å²) in [5.74, 6) is 1.54. The van der Waals surface area contributed by atoms with Gasteiger partial charge in [-0.05, 0) is 13.3 Å². The van der Waals surface area contributed by atoms with Crippen molar-refractivity contribution in [2.45, 2.75) is 13.3 Å². The molecule has 0 aromatic carbocycles. The Kier molecular flexibility index (Phi) is 16.2. The van der Waals surface area contributed by atoms with E-state index in [9.17, 15) is 0 Å². The van der Waals surface area contributed by atoms with Gasteiger partial charge in [-0.2, -0.15) is 0 Å². The van der Waals surface area contributed by atoms with E-state index in [0.29, 0.717) is 45.5 Å². The molecule has 1 unspecified atom stereocenters. The lowest BCUT2D eigenvalue weighted by atomic mass is 10.1. The van der Waals surface area contributed by atoms with E-state index in [1.54, 1.807) is 14.2 Å². The number of ether oxygens (including phenoxy) is 4. The number of rotatable bonds is 12. The van der Waals surface area contributed by atoms with E-state index >= 15 is 0 Å². The molecule has 1 fully saturated rings. The van der Waals surface area contributed by atoms with Crippen LogP contribution in [0.3, 0.4) is 0 Å². The maximum Gasteiger partial charge on any atom is 0.194 e. The molecule has 0 spiro atoms. The molecule has 1 N–H and O–H groups in total. The number of halogens is 1. The van der Waals surface area contributed by atoms with Crippen LogP contribution in [0.1, 0.15) is 13.3 Å². The molecule has 1 atom stereocenters. The Morgan fingerprint density at radius 1 is 1.08 bits per heavy atom. The number of aliphatic imine (C=N–C) groups is 1. The molecule has 8 heteroatoms. The van der Waals surface area contributed by atoms with Crippen LogP contribution in [0.2, 0.25) is 0 Å². The van der Waals surface area contributed by atoms with Gasteiger partial charge in [0.25, 0.3) is 0 Å². The van der Waals surface area contributed by atoms with E-state index in [1.165, 1.54) is 0 Å². The Labute approximate surface area is 163 Å². The van der Waals surface area contributed by atoms with Crippen molar-refractivity contribution < 1.29 is 18.9 Å². The van der Waals surface area contributed by atoms with Crippen molar-refractivity contribution in [1.29, 1.82) is 0 Å². The Morgan fingerprint density at radius 3 is 2.46 bits per heavy atom. The van der Waals surface area contributed by atoms with Crippen molar-refractivity contribution >= 4 is 29.9 Å². The second kappa shape index (κ2) is 16.3. The van der Waals surface area contributed by atoms with Gasteiger partial charge in [-0.1, -0.05) is 0 Å². The first-order valence-electron chi connectivity index (χ1n) is 8.48. The highest BCUT2D eigenvalue weighted by atomic mass is 127. The molecule has 0 bridgehead atoms. The predicted molar refractivity (Wildman–Crippen MR) is 106 cm³/mol. The highest BCUT2D eigenvalue weighted by Gasteiger charge is 2.24. The summed E-state index contributed by atoms with van der Waals surface area (Å²) in [7, 11) is 3.37. The number of methoxy groups -OCH3 is 2. The van der Waals surface area contributed by atoms with E-state index in [0.717, 1.165) is 38.6 Å². The summed E-state index contributed by atoms with van der Waals surface area (Å²) < 4.78 is 21.0. The highest BCUT2D eigenvalue weighted by molar-refractivity contribution is 14.0. The number of nitrogens with zero attached hydrogens (tertiary/aromatic N) is 2. The maximum atomic E-state index is 5.64. The normalized spacial score (nSPS) is 17.9. The molecule has 1 rings (SSSR count). The Hall–Kier alpha value is -0.160. The second-order valence-electron chi connectivity index (χ2n) is 5.51.